The van der Waals surface area contributed by atoms with Crippen LogP contribution in [0.1, 0.15) is 32.4 Å². The molecule has 0 spiro atoms. The molecule has 1 aromatic rings. The summed E-state index contributed by atoms with van der Waals surface area (Å²) < 4.78 is 0. The van der Waals surface area contributed by atoms with Gasteiger partial charge in [-0.2, -0.15) is 0 Å². The summed E-state index contributed by atoms with van der Waals surface area (Å²) in [5, 5.41) is 0. The van der Waals surface area contributed by atoms with Gasteiger partial charge in [-0.1, -0.05) is 26.1 Å². The fourth-order valence-corrected chi connectivity index (χ4v) is 2.52. The first-order chi connectivity index (χ1) is 8.58. The van der Waals surface area contributed by atoms with Gasteiger partial charge in [0.2, 0.25) is 5.95 Å². The molecule has 5 heteroatoms. The van der Waals surface area contributed by atoms with Crippen molar-refractivity contribution in [1.82, 2.24) is 9.97 Å². The Kier molecular flexibility index (Phi) is 4.11. The Morgan fingerprint density at radius 1 is 1.44 bits per heavy atom. The first-order valence-corrected chi connectivity index (χ1v) is 6.86. The number of rotatable bonds is 3. The van der Waals surface area contributed by atoms with E-state index in [1.807, 2.05) is 0 Å². The van der Waals surface area contributed by atoms with Crippen LogP contribution in [0.4, 0.5) is 5.95 Å². The molecule has 2 rings (SSSR count). The third-order valence-corrected chi connectivity index (χ3v) is 3.87. The van der Waals surface area contributed by atoms with Gasteiger partial charge in [-0.3, -0.25) is 0 Å². The van der Waals surface area contributed by atoms with Gasteiger partial charge in [0.25, 0.3) is 0 Å². The smallest absolute Gasteiger partial charge is 0.225 e. The lowest BCUT2D eigenvalue weighted by Gasteiger charge is -2.33. The van der Waals surface area contributed by atoms with E-state index in [-0.39, 0.29) is 0 Å². The Balaban J connectivity index is 2.05. The molecule has 1 aliphatic rings. The fourth-order valence-electron chi connectivity index (χ4n) is 2.40. The quantitative estimate of drug-likeness (QED) is 0.846. The van der Waals surface area contributed by atoms with Gasteiger partial charge in [-0.05, 0) is 30.7 Å². The van der Waals surface area contributed by atoms with Gasteiger partial charge in [-0.15, -0.1) is 0 Å². The highest BCUT2D eigenvalue weighted by Gasteiger charge is 2.23. The van der Waals surface area contributed by atoms with Gasteiger partial charge in [-0.25, -0.2) is 9.97 Å². The highest BCUT2D eigenvalue weighted by Crippen LogP contribution is 2.26. The number of anilines is 1. The molecule has 0 amide bonds. The molecule has 1 aromatic heterocycles. The maximum Gasteiger partial charge on any atom is 0.225 e. The van der Waals surface area contributed by atoms with Crippen molar-refractivity contribution in [3.8, 4) is 0 Å². The SMILES string of the molecule is CC(C)C1CCN(c2nccc(C(N)=S)n2)CC1. The summed E-state index contributed by atoms with van der Waals surface area (Å²) in [5.41, 5.74) is 6.25. The first kappa shape index (κ1) is 13.2. The number of aromatic nitrogens is 2. The normalized spacial score (nSPS) is 17.2. The largest absolute Gasteiger partial charge is 0.388 e. The van der Waals surface area contributed by atoms with Crippen LogP contribution in [0.3, 0.4) is 0 Å². The number of nitrogens with zero attached hydrogens (tertiary/aromatic N) is 3. The molecule has 0 unspecified atom stereocenters. The van der Waals surface area contributed by atoms with E-state index >= 15 is 0 Å². The molecule has 0 atom stereocenters. The number of hydrogen-bond acceptors (Lipinski definition) is 4. The maximum absolute atomic E-state index is 5.60. The lowest BCUT2D eigenvalue weighted by atomic mass is 9.87. The van der Waals surface area contributed by atoms with Crippen LogP contribution >= 0.6 is 12.2 Å². The van der Waals surface area contributed by atoms with Crippen molar-refractivity contribution in [3.05, 3.63) is 18.0 Å². The molecule has 98 valence electrons. The van der Waals surface area contributed by atoms with E-state index in [0.717, 1.165) is 30.9 Å². The van der Waals surface area contributed by atoms with Crippen LogP contribution in [0.15, 0.2) is 12.3 Å². The molecule has 4 nitrogen and oxygen atoms in total. The Hall–Kier alpha value is -1.23. The zero-order valence-electron chi connectivity index (χ0n) is 11.0. The number of piperidine rings is 1. The molecule has 2 N–H and O–H groups in total. The van der Waals surface area contributed by atoms with E-state index in [0.29, 0.717) is 10.7 Å². The van der Waals surface area contributed by atoms with Crippen LogP contribution in [0, 0.1) is 11.8 Å². The van der Waals surface area contributed by atoms with Crippen LogP contribution in [-0.4, -0.2) is 28.0 Å². The minimum Gasteiger partial charge on any atom is -0.388 e. The predicted octanol–water partition coefficient (Wildman–Crippen LogP) is 1.98. The molecule has 0 saturated carbocycles. The number of nitrogens with two attached hydrogens (primary N) is 1. The minimum absolute atomic E-state index is 0.329. The molecule has 18 heavy (non-hydrogen) atoms. The van der Waals surface area contributed by atoms with Crippen molar-refractivity contribution < 1.29 is 0 Å². The van der Waals surface area contributed by atoms with E-state index in [9.17, 15) is 0 Å². The third kappa shape index (κ3) is 2.96. The standard InChI is InChI=1S/C13H20N4S/c1-9(2)10-4-7-17(8-5-10)13-15-6-3-11(16-13)12(14)18/h3,6,9-10H,4-5,7-8H2,1-2H3,(H2,14,18). The molecule has 0 bridgehead atoms. The fraction of sp³-hybridized carbons (Fsp3) is 0.615. The summed E-state index contributed by atoms with van der Waals surface area (Å²) >= 11 is 4.94. The lowest BCUT2D eigenvalue weighted by molar-refractivity contribution is 0.310. The third-order valence-electron chi connectivity index (χ3n) is 3.66. The summed E-state index contributed by atoms with van der Waals surface area (Å²) in [6.45, 7) is 6.63. The van der Waals surface area contributed by atoms with Gasteiger partial charge in [0.1, 0.15) is 10.7 Å². The van der Waals surface area contributed by atoms with Crippen LogP contribution in [0.5, 0.6) is 0 Å². The summed E-state index contributed by atoms with van der Waals surface area (Å²) in [6.07, 6.45) is 4.14. The van der Waals surface area contributed by atoms with E-state index in [1.54, 1.807) is 12.3 Å². The molecule has 0 aliphatic carbocycles. The molecule has 1 fully saturated rings. The Morgan fingerprint density at radius 3 is 2.67 bits per heavy atom. The lowest BCUT2D eigenvalue weighted by Crippen LogP contribution is -2.36. The van der Waals surface area contributed by atoms with Crippen LogP contribution in [0.2, 0.25) is 0 Å². The topological polar surface area (TPSA) is 55.0 Å². The van der Waals surface area contributed by atoms with Crippen LogP contribution in [0.25, 0.3) is 0 Å². The second-order valence-corrected chi connectivity index (χ2v) is 5.61. The zero-order valence-corrected chi connectivity index (χ0v) is 11.8. The predicted molar refractivity (Wildman–Crippen MR) is 77.7 cm³/mol. The van der Waals surface area contributed by atoms with E-state index in [4.69, 9.17) is 18.0 Å². The second-order valence-electron chi connectivity index (χ2n) is 5.17. The molecular formula is C13H20N4S. The second kappa shape index (κ2) is 5.61. The van der Waals surface area contributed by atoms with Gasteiger partial charge in [0, 0.05) is 19.3 Å². The molecular weight excluding hydrogens is 244 g/mol. The summed E-state index contributed by atoms with van der Waals surface area (Å²) in [5.74, 6) is 2.33. The van der Waals surface area contributed by atoms with Crippen molar-refractivity contribution in [2.75, 3.05) is 18.0 Å². The van der Waals surface area contributed by atoms with Crippen molar-refractivity contribution in [2.24, 2.45) is 17.6 Å². The van der Waals surface area contributed by atoms with Gasteiger partial charge < -0.3 is 10.6 Å². The minimum atomic E-state index is 0.329. The van der Waals surface area contributed by atoms with E-state index < -0.39 is 0 Å². The summed E-state index contributed by atoms with van der Waals surface area (Å²) in [6, 6.07) is 1.76. The maximum atomic E-state index is 5.60. The van der Waals surface area contributed by atoms with E-state index in [2.05, 4.69) is 28.7 Å². The Bertz CT molecular complexity index is 425. The Morgan fingerprint density at radius 2 is 2.11 bits per heavy atom. The first-order valence-electron chi connectivity index (χ1n) is 6.45. The average molecular weight is 264 g/mol. The van der Waals surface area contributed by atoms with Crippen LogP contribution in [-0.2, 0) is 0 Å². The zero-order chi connectivity index (χ0) is 13.1. The molecule has 1 saturated heterocycles. The molecule has 2 heterocycles. The summed E-state index contributed by atoms with van der Waals surface area (Å²) in [7, 11) is 0. The average Bonchev–Trinajstić information content (AvgIpc) is 2.39. The monoisotopic (exact) mass is 264 g/mol. The molecule has 0 radical (unpaired) electrons. The Labute approximate surface area is 114 Å². The van der Waals surface area contributed by atoms with Gasteiger partial charge in [0.15, 0.2) is 0 Å². The van der Waals surface area contributed by atoms with Crippen molar-refractivity contribution in [2.45, 2.75) is 26.7 Å². The summed E-state index contributed by atoms with van der Waals surface area (Å²) in [4.78, 5) is 11.3. The van der Waals surface area contributed by atoms with Crippen LogP contribution < -0.4 is 10.6 Å². The molecule has 1 aliphatic heterocycles. The number of hydrogen-bond donors (Lipinski definition) is 1. The van der Waals surface area contributed by atoms with Crippen molar-refractivity contribution >= 4 is 23.2 Å². The van der Waals surface area contributed by atoms with Crippen molar-refractivity contribution in [3.63, 3.8) is 0 Å². The molecule has 0 aromatic carbocycles. The number of thiocarbonyl (C=S) groups is 1. The highest BCUT2D eigenvalue weighted by atomic mass is 32.1. The van der Waals surface area contributed by atoms with Crippen molar-refractivity contribution in [1.29, 1.82) is 0 Å². The van der Waals surface area contributed by atoms with Gasteiger partial charge >= 0.3 is 0 Å². The highest BCUT2D eigenvalue weighted by molar-refractivity contribution is 7.80. The van der Waals surface area contributed by atoms with E-state index in [1.165, 1.54) is 12.8 Å². The van der Waals surface area contributed by atoms with Gasteiger partial charge in [0.05, 0.1) is 0 Å².